The lowest BCUT2D eigenvalue weighted by Crippen LogP contribution is -2.51. The first-order valence-corrected chi connectivity index (χ1v) is 7.97. The van der Waals surface area contributed by atoms with Crippen molar-refractivity contribution in [1.29, 1.82) is 0 Å². The number of nitrogens with two attached hydrogens (primary N) is 1. The van der Waals surface area contributed by atoms with E-state index in [2.05, 4.69) is 36.6 Å². The predicted octanol–water partition coefficient (Wildman–Crippen LogP) is 3.31. The molecule has 0 saturated heterocycles. The summed E-state index contributed by atoms with van der Waals surface area (Å²) >= 11 is 0. The molecule has 108 valence electrons. The van der Waals surface area contributed by atoms with Crippen LogP contribution in [0.5, 0.6) is 0 Å². The molecular formula is C16H29N3. The minimum atomic E-state index is -0.00896. The minimum absolute atomic E-state index is 0.00896. The van der Waals surface area contributed by atoms with E-state index in [1.165, 1.54) is 43.5 Å². The lowest BCUT2D eigenvalue weighted by Gasteiger charge is -2.41. The second-order valence-electron chi connectivity index (χ2n) is 6.06. The molecule has 0 bridgehead atoms. The third-order valence-corrected chi connectivity index (χ3v) is 4.84. The van der Waals surface area contributed by atoms with Gasteiger partial charge in [-0.05, 0) is 38.2 Å². The Balaban J connectivity index is 2.20. The van der Waals surface area contributed by atoms with Gasteiger partial charge >= 0.3 is 0 Å². The molecule has 2 N–H and O–H groups in total. The van der Waals surface area contributed by atoms with Crippen molar-refractivity contribution in [2.75, 3.05) is 0 Å². The Labute approximate surface area is 117 Å². The van der Waals surface area contributed by atoms with Crippen molar-refractivity contribution in [2.24, 2.45) is 11.7 Å². The number of nitrogens with zero attached hydrogens (tertiary/aromatic N) is 2. The Morgan fingerprint density at radius 1 is 1.37 bits per heavy atom. The maximum atomic E-state index is 6.78. The number of hydrogen-bond donors (Lipinski definition) is 1. The van der Waals surface area contributed by atoms with Crippen LogP contribution in [-0.2, 0) is 19.4 Å². The van der Waals surface area contributed by atoms with Crippen LogP contribution in [0.3, 0.4) is 0 Å². The van der Waals surface area contributed by atoms with Crippen LogP contribution in [0.2, 0.25) is 0 Å². The van der Waals surface area contributed by atoms with E-state index in [1.54, 1.807) is 0 Å². The molecular weight excluding hydrogens is 234 g/mol. The van der Waals surface area contributed by atoms with Gasteiger partial charge in [0.25, 0.3) is 0 Å². The van der Waals surface area contributed by atoms with E-state index in [9.17, 15) is 0 Å². The standard InChI is InChI=1S/C16H29N3/c1-4-13-9-7-8-10-16(13,17)12-15-11-14(5-2)18-19(15)6-3/h11,13H,4-10,12,17H2,1-3H3. The molecule has 1 aliphatic rings. The highest BCUT2D eigenvalue weighted by atomic mass is 15.3. The Kier molecular flexibility index (Phi) is 4.67. The number of aromatic nitrogens is 2. The zero-order valence-corrected chi connectivity index (χ0v) is 12.8. The van der Waals surface area contributed by atoms with Crippen LogP contribution in [0.25, 0.3) is 0 Å². The molecule has 0 aromatic carbocycles. The van der Waals surface area contributed by atoms with Gasteiger partial charge in [0.1, 0.15) is 0 Å². The average molecular weight is 263 g/mol. The van der Waals surface area contributed by atoms with Gasteiger partial charge < -0.3 is 5.73 Å². The van der Waals surface area contributed by atoms with Gasteiger partial charge in [-0.1, -0.05) is 33.1 Å². The van der Waals surface area contributed by atoms with E-state index in [4.69, 9.17) is 5.73 Å². The molecule has 1 heterocycles. The molecule has 0 radical (unpaired) electrons. The Bertz CT molecular complexity index is 410. The summed E-state index contributed by atoms with van der Waals surface area (Å²) < 4.78 is 2.15. The highest BCUT2D eigenvalue weighted by Crippen LogP contribution is 2.36. The second kappa shape index (κ2) is 6.08. The molecule has 0 spiro atoms. The molecule has 3 nitrogen and oxygen atoms in total. The van der Waals surface area contributed by atoms with Gasteiger partial charge in [0, 0.05) is 24.2 Å². The smallest absolute Gasteiger partial charge is 0.0624 e. The van der Waals surface area contributed by atoms with Gasteiger partial charge in [-0.2, -0.15) is 5.10 Å². The normalized spacial score (nSPS) is 27.7. The molecule has 1 saturated carbocycles. The van der Waals surface area contributed by atoms with E-state index < -0.39 is 0 Å². The Hall–Kier alpha value is -0.830. The fraction of sp³-hybridized carbons (Fsp3) is 0.812. The third kappa shape index (κ3) is 3.02. The molecule has 1 fully saturated rings. The summed E-state index contributed by atoms with van der Waals surface area (Å²) in [5.74, 6) is 0.673. The zero-order chi connectivity index (χ0) is 13.9. The van der Waals surface area contributed by atoms with Gasteiger partial charge in [0.2, 0.25) is 0 Å². The van der Waals surface area contributed by atoms with Gasteiger partial charge in [-0.3, -0.25) is 4.68 Å². The monoisotopic (exact) mass is 263 g/mol. The first-order valence-electron chi connectivity index (χ1n) is 7.97. The molecule has 0 amide bonds. The first-order chi connectivity index (χ1) is 9.12. The van der Waals surface area contributed by atoms with E-state index in [-0.39, 0.29) is 5.54 Å². The quantitative estimate of drug-likeness (QED) is 0.885. The van der Waals surface area contributed by atoms with Crippen molar-refractivity contribution in [1.82, 2.24) is 9.78 Å². The third-order valence-electron chi connectivity index (χ3n) is 4.84. The van der Waals surface area contributed by atoms with Crippen LogP contribution in [0.4, 0.5) is 0 Å². The summed E-state index contributed by atoms with van der Waals surface area (Å²) in [5.41, 5.74) is 9.30. The van der Waals surface area contributed by atoms with Gasteiger partial charge in [0.05, 0.1) is 5.69 Å². The van der Waals surface area contributed by atoms with Crippen LogP contribution in [0.1, 0.15) is 64.3 Å². The van der Waals surface area contributed by atoms with Crippen molar-refractivity contribution in [3.63, 3.8) is 0 Å². The van der Waals surface area contributed by atoms with Crippen molar-refractivity contribution in [3.8, 4) is 0 Å². The number of hydrogen-bond acceptors (Lipinski definition) is 2. The molecule has 2 rings (SSSR count). The van der Waals surface area contributed by atoms with Crippen LogP contribution < -0.4 is 5.73 Å². The van der Waals surface area contributed by atoms with E-state index in [0.29, 0.717) is 5.92 Å². The fourth-order valence-corrected chi connectivity index (χ4v) is 3.62. The predicted molar refractivity (Wildman–Crippen MR) is 80.2 cm³/mol. The highest BCUT2D eigenvalue weighted by Gasteiger charge is 2.36. The summed E-state index contributed by atoms with van der Waals surface area (Å²) in [4.78, 5) is 0. The van der Waals surface area contributed by atoms with Crippen LogP contribution in [0, 0.1) is 5.92 Å². The summed E-state index contributed by atoms with van der Waals surface area (Å²) in [6.45, 7) is 7.56. The number of rotatable bonds is 5. The zero-order valence-electron chi connectivity index (χ0n) is 12.8. The van der Waals surface area contributed by atoms with Gasteiger partial charge in [0.15, 0.2) is 0 Å². The minimum Gasteiger partial charge on any atom is -0.324 e. The second-order valence-corrected chi connectivity index (χ2v) is 6.06. The lowest BCUT2D eigenvalue weighted by atomic mass is 9.70. The summed E-state index contributed by atoms with van der Waals surface area (Å²) in [6, 6.07) is 2.26. The fourth-order valence-electron chi connectivity index (χ4n) is 3.62. The summed E-state index contributed by atoms with van der Waals surface area (Å²) in [7, 11) is 0. The summed E-state index contributed by atoms with van der Waals surface area (Å²) in [6.07, 6.45) is 8.31. The lowest BCUT2D eigenvalue weighted by molar-refractivity contribution is 0.179. The molecule has 19 heavy (non-hydrogen) atoms. The van der Waals surface area contributed by atoms with Crippen molar-refractivity contribution < 1.29 is 0 Å². The maximum Gasteiger partial charge on any atom is 0.0624 e. The van der Waals surface area contributed by atoms with Crippen LogP contribution >= 0.6 is 0 Å². The molecule has 0 aliphatic heterocycles. The molecule has 2 unspecified atom stereocenters. The average Bonchev–Trinajstić information content (AvgIpc) is 2.81. The Morgan fingerprint density at radius 2 is 2.16 bits per heavy atom. The molecule has 1 aromatic rings. The topological polar surface area (TPSA) is 43.8 Å². The highest BCUT2D eigenvalue weighted by molar-refractivity contribution is 5.15. The maximum absolute atomic E-state index is 6.78. The van der Waals surface area contributed by atoms with Crippen molar-refractivity contribution in [2.45, 2.75) is 77.8 Å². The van der Waals surface area contributed by atoms with Crippen molar-refractivity contribution in [3.05, 3.63) is 17.5 Å². The number of aryl methyl sites for hydroxylation is 2. The van der Waals surface area contributed by atoms with Gasteiger partial charge in [-0.25, -0.2) is 0 Å². The van der Waals surface area contributed by atoms with Crippen LogP contribution in [-0.4, -0.2) is 15.3 Å². The molecule has 1 aliphatic carbocycles. The summed E-state index contributed by atoms with van der Waals surface area (Å²) in [5, 5.41) is 4.66. The van der Waals surface area contributed by atoms with Crippen LogP contribution in [0.15, 0.2) is 6.07 Å². The van der Waals surface area contributed by atoms with Gasteiger partial charge in [-0.15, -0.1) is 0 Å². The van der Waals surface area contributed by atoms with E-state index in [1.807, 2.05) is 0 Å². The van der Waals surface area contributed by atoms with E-state index >= 15 is 0 Å². The largest absolute Gasteiger partial charge is 0.324 e. The van der Waals surface area contributed by atoms with Crippen molar-refractivity contribution >= 4 is 0 Å². The Morgan fingerprint density at radius 3 is 2.79 bits per heavy atom. The first kappa shape index (κ1) is 14.6. The SMILES string of the molecule is CCc1cc(CC2(N)CCCCC2CC)n(CC)n1. The molecule has 2 atom stereocenters. The molecule has 1 aromatic heterocycles. The molecule has 3 heteroatoms. The van der Waals surface area contributed by atoms with E-state index in [0.717, 1.165) is 19.4 Å².